The molecule has 0 saturated carbocycles. The lowest BCUT2D eigenvalue weighted by Gasteiger charge is -2.07. The second-order valence-corrected chi connectivity index (χ2v) is 4.61. The maximum atomic E-state index is 11.9. The molecular formula is C15H19N5O. The molecule has 2 aromatic heterocycles. The molecule has 21 heavy (non-hydrogen) atoms. The molecule has 0 spiro atoms. The molecule has 2 N–H and O–H groups in total. The van der Waals surface area contributed by atoms with E-state index in [1.807, 2.05) is 12.1 Å². The molecule has 6 heteroatoms. The fraction of sp³-hybridized carbons (Fsp3) is 0.333. The maximum absolute atomic E-state index is 11.9. The Labute approximate surface area is 124 Å². The van der Waals surface area contributed by atoms with Crippen molar-refractivity contribution in [3.63, 3.8) is 0 Å². The van der Waals surface area contributed by atoms with Crippen LogP contribution in [-0.4, -0.2) is 27.4 Å². The largest absolute Gasteiger partial charge is 0.366 e. The first-order chi connectivity index (χ1) is 10.3. The summed E-state index contributed by atoms with van der Waals surface area (Å²) in [5, 5.41) is 6.00. The Hall–Kier alpha value is -2.50. The van der Waals surface area contributed by atoms with E-state index in [0.29, 0.717) is 24.6 Å². The third kappa shape index (κ3) is 4.83. The quantitative estimate of drug-likeness (QED) is 0.761. The van der Waals surface area contributed by atoms with E-state index in [1.165, 1.54) is 6.33 Å². The topological polar surface area (TPSA) is 79.8 Å². The summed E-state index contributed by atoms with van der Waals surface area (Å²) >= 11 is 0. The zero-order chi connectivity index (χ0) is 14.9. The van der Waals surface area contributed by atoms with E-state index in [4.69, 9.17) is 0 Å². The van der Waals surface area contributed by atoms with Crippen LogP contribution in [0.25, 0.3) is 0 Å². The summed E-state index contributed by atoms with van der Waals surface area (Å²) in [7, 11) is 0. The van der Waals surface area contributed by atoms with Crippen LogP contribution >= 0.6 is 0 Å². The average Bonchev–Trinajstić information content (AvgIpc) is 2.54. The number of hydrogen-bond acceptors (Lipinski definition) is 5. The van der Waals surface area contributed by atoms with E-state index in [0.717, 1.165) is 18.4 Å². The van der Waals surface area contributed by atoms with Crippen molar-refractivity contribution >= 4 is 11.7 Å². The summed E-state index contributed by atoms with van der Waals surface area (Å²) in [6.45, 7) is 3.37. The molecule has 0 saturated heterocycles. The van der Waals surface area contributed by atoms with Crippen LogP contribution in [0.1, 0.15) is 35.8 Å². The Kier molecular flexibility index (Phi) is 5.63. The Balaban J connectivity index is 1.92. The maximum Gasteiger partial charge on any atom is 0.270 e. The van der Waals surface area contributed by atoms with E-state index in [9.17, 15) is 4.79 Å². The van der Waals surface area contributed by atoms with Crippen LogP contribution in [0.4, 0.5) is 5.82 Å². The number of unbranched alkanes of at least 4 members (excludes halogenated alkanes) is 1. The van der Waals surface area contributed by atoms with Crippen LogP contribution in [0.5, 0.6) is 0 Å². The number of rotatable bonds is 7. The van der Waals surface area contributed by atoms with Gasteiger partial charge in [0.1, 0.15) is 17.8 Å². The van der Waals surface area contributed by atoms with Crippen LogP contribution in [0.3, 0.4) is 0 Å². The zero-order valence-corrected chi connectivity index (χ0v) is 12.0. The van der Waals surface area contributed by atoms with Gasteiger partial charge in [0.05, 0.1) is 0 Å². The Bertz CT molecular complexity index is 573. The SMILES string of the molecule is CCCCNC(=O)c1cc(NCc2ccncc2)ncn1. The van der Waals surface area contributed by atoms with E-state index in [1.54, 1.807) is 18.5 Å². The summed E-state index contributed by atoms with van der Waals surface area (Å²) < 4.78 is 0. The van der Waals surface area contributed by atoms with E-state index >= 15 is 0 Å². The van der Waals surface area contributed by atoms with Gasteiger partial charge >= 0.3 is 0 Å². The highest BCUT2D eigenvalue weighted by atomic mass is 16.1. The Morgan fingerprint density at radius 3 is 2.81 bits per heavy atom. The number of hydrogen-bond donors (Lipinski definition) is 2. The molecule has 6 nitrogen and oxygen atoms in total. The van der Waals surface area contributed by atoms with E-state index < -0.39 is 0 Å². The van der Waals surface area contributed by atoms with E-state index in [2.05, 4.69) is 32.5 Å². The molecule has 0 aliphatic carbocycles. The predicted octanol–water partition coefficient (Wildman–Crippen LogP) is 2.01. The second kappa shape index (κ2) is 7.94. The minimum Gasteiger partial charge on any atom is -0.366 e. The van der Waals surface area contributed by atoms with Gasteiger partial charge in [-0.15, -0.1) is 0 Å². The molecule has 110 valence electrons. The molecular weight excluding hydrogens is 266 g/mol. The molecule has 2 heterocycles. The molecule has 0 aliphatic heterocycles. The Morgan fingerprint density at radius 1 is 1.24 bits per heavy atom. The van der Waals surface area contributed by atoms with Gasteiger partial charge in [0.15, 0.2) is 0 Å². The highest BCUT2D eigenvalue weighted by Crippen LogP contribution is 2.06. The average molecular weight is 285 g/mol. The smallest absolute Gasteiger partial charge is 0.270 e. The highest BCUT2D eigenvalue weighted by Gasteiger charge is 2.07. The van der Waals surface area contributed by atoms with Crippen molar-refractivity contribution in [2.75, 3.05) is 11.9 Å². The van der Waals surface area contributed by atoms with Gasteiger partial charge < -0.3 is 10.6 Å². The molecule has 0 aliphatic rings. The lowest BCUT2D eigenvalue weighted by molar-refractivity contribution is 0.0948. The lowest BCUT2D eigenvalue weighted by Crippen LogP contribution is -2.25. The second-order valence-electron chi connectivity index (χ2n) is 4.61. The van der Waals surface area contributed by atoms with Crippen LogP contribution in [0.15, 0.2) is 36.9 Å². The minimum atomic E-state index is -0.169. The van der Waals surface area contributed by atoms with Gasteiger partial charge in [-0.2, -0.15) is 0 Å². The van der Waals surface area contributed by atoms with Gasteiger partial charge in [-0.05, 0) is 24.1 Å². The third-order valence-corrected chi connectivity index (χ3v) is 2.94. The molecule has 0 aromatic carbocycles. The number of nitrogens with one attached hydrogen (secondary N) is 2. The van der Waals surface area contributed by atoms with Crippen LogP contribution in [0, 0.1) is 0 Å². The molecule has 0 atom stereocenters. The Morgan fingerprint density at radius 2 is 2.05 bits per heavy atom. The first kappa shape index (κ1) is 14.9. The summed E-state index contributed by atoms with van der Waals surface area (Å²) in [5.74, 6) is 0.459. The number of nitrogens with zero attached hydrogens (tertiary/aromatic N) is 3. The summed E-state index contributed by atoms with van der Waals surface area (Å²) in [5.41, 5.74) is 1.47. The number of carbonyl (C=O) groups is 1. The minimum absolute atomic E-state index is 0.169. The van der Waals surface area contributed by atoms with Crippen molar-refractivity contribution in [3.8, 4) is 0 Å². The molecule has 0 bridgehead atoms. The molecule has 2 rings (SSSR count). The van der Waals surface area contributed by atoms with Crippen molar-refractivity contribution in [2.24, 2.45) is 0 Å². The van der Waals surface area contributed by atoms with Crippen molar-refractivity contribution in [3.05, 3.63) is 48.2 Å². The first-order valence-electron chi connectivity index (χ1n) is 7.02. The van der Waals surface area contributed by atoms with Gasteiger partial charge in [-0.25, -0.2) is 9.97 Å². The number of amides is 1. The van der Waals surface area contributed by atoms with Crippen LogP contribution in [-0.2, 0) is 6.54 Å². The normalized spacial score (nSPS) is 10.1. The van der Waals surface area contributed by atoms with Gasteiger partial charge in [0.25, 0.3) is 5.91 Å². The fourth-order valence-corrected chi connectivity index (χ4v) is 1.74. The van der Waals surface area contributed by atoms with Gasteiger partial charge in [-0.1, -0.05) is 13.3 Å². The number of aromatic nitrogens is 3. The molecule has 0 unspecified atom stereocenters. The van der Waals surface area contributed by atoms with Gasteiger partial charge in [-0.3, -0.25) is 9.78 Å². The van der Waals surface area contributed by atoms with Gasteiger partial charge in [0, 0.05) is 31.5 Å². The zero-order valence-electron chi connectivity index (χ0n) is 12.0. The number of pyridine rings is 1. The first-order valence-corrected chi connectivity index (χ1v) is 7.02. The predicted molar refractivity (Wildman–Crippen MR) is 80.8 cm³/mol. The highest BCUT2D eigenvalue weighted by molar-refractivity contribution is 5.92. The number of anilines is 1. The van der Waals surface area contributed by atoms with Crippen molar-refractivity contribution in [1.82, 2.24) is 20.3 Å². The van der Waals surface area contributed by atoms with Crippen molar-refractivity contribution in [1.29, 1.82) is 0 Å². The van der Waals surface area contributed by atoms with Crippen LogP contribution < -0.4 is 10.6 Å². The summed E-state index contributed by atoms with van der Waals surface area (Å²) in [4.78, 5) is 24.0. The van der Waals surface area contributed by atoms with Crippen molar-refractivity contribution in [2.45, 2.75) is 26.3 Å². The molecule has 2 aromatic rings. The van der Waals surface area contributed by atoms with Crippen molar-refractivity contribution < 1.29 is 4.79 Å². The van der Waals surface area contributed by atoms with Crippen LogP contribution in [0.2, 0.25) is 0 Å². The molecule has 0 fully saturated rings. The lowest BCUT2D eigenvalue weighted by atomic mass is 10.2. The van der Waals surface area contributed by atoms with E-state index in [-0.39, 0.29) is 5.91 Å². The molecule has 1 amide bonds. The monoisotopic (exact) mass is 285 g/mol. The fourth-order valence-electron chi connectivity index (χ4n) is 1.74. The van der Waals surface area contributed by atoms with Gasteiger partial charge in [0.2, 0.25) is 0 Å². The molecule has 0 radical (unpaired) electrons. The standard InChI is InChI=1S/C15H19N5O/c1-2-3-6-17-15(21)13-9-14(20-11-19-13)18-10-12-4-7-16-8-5-12/h4-5,7-9,11H,2-3,6,10H2,1H3,(H,17,21)(H,18,19,20). The number of carbonyl (C=O) groups excluding carboxylic acids is 1. The summed E-state index contributed by atoms with van der Waals surface area (Å²) in [6.07, 6.45) is 6.88. The summed E-state index contributed by atoms with van der Waals surface area (Å²) in [6, 6.07) is 5.50. The third-order valence-electron chi connectivity index (χ3n) is 2.94.